The van der Waals surface area contributed by atoms with Crippen LogP contribution < -0.4 is 5.32 Å². The van der Waals surface area contributed by atoms with Gasteiger partial charge in [-0.2, -0.15) is 0 Å². The van der Waals surface area contributed by atoms with Gasteiger partial charge in [-0.25, -0.2) is 0 Å². The first-order valence-electron chi connectivity index (χ1n) is 4.96. The van der Waals surface area contributed by atoms with E-state index in [1.807, 2.05) is 25.1 Å². The molecule has 0 heterocycles. The van der Waals surface area contributed by atoms with E-state index in [0.29, 0.717) is 5.75 Å². The average molecular weight is 325 g/mol. The lowest BCUT2D eigenvalue weighted by atomic mass is 10.2. The van der Waals surface area contributed by atoms with Crippen LogP contribution in [-0.2, 0) is 17.3 Å². The summed E-state index contributed by atoms with van der Waals surface area (Å²) in [6, 6.07) is 5.97. The molecular weight excluding hydrogens is 310 g/mol. The lowest BCUT2D eigenvalue weighted by Gasteiger charge is -2.13. The van der Waals surface area contributed by atoms with Gasteiger partial charge < -0.3 is 5.32 Å². The molecule has 1 N–H and O–H groups in total. The predicted octanol–water partition coefficient (Wildman–Crippen LogP) is 2.96. The van der Waals surface area contributed by atoms with Crippen LogP contribution >= 0.6 is 27.5 Å². The standard InChI is InChI=1S/C11H15BrClNOS/c1-8(7-16(2)15)14-6-9-3-4-10(13)5-11(9)12/h3-5,8,14H,6-7H2,1-2H3. The van der Waals surface area contributed by atoms with Crippen molar-refractivity contribution in [1.82, 2.24) is 5.32 Å². The highest BCUT2D eigenvalue weighted by Gasteiger charge is 2.05. The van der Waals surface area contributed by atoms with E-state index < -0.39 is 10.8 Å². The topological polar surface area (TPSA) is 29.1 Å². The molecule has 0 aliphatic rings. The van der Waals surface area contributed by atoms with E-state index >= 15 is 0 Å². The van der Waals surface area contributed by atoms with E-state index in [4.69, 9.17) is 11.6 Å². The Morgan fingerprint density at radius 2 is 2.25 bits per heavy atom. The molecule has 2 unspecified atom stereocenters. The van der Waals surface area contributed by atoms with Crippen LogP contribution in [0.4, 0.5) is 0 Å². The summed E-state index contributed by atoms with van der Waals surface area (Å²) < 4.78 is 12.0. The second kappa shape index (κ2) is 6.74. The van der Waals surface area contributed by atoms with Crippen LogP contribution in [0.5, 0.6) is 0 Å². The summed E-state index contributed by atoms with van der Waals surface area (Å²) in [5.41, 5.74) is 1.15. The molecule has 0 aromatic heterocycles. The molecular formula is C11H15BrClNOS. The maximum absolute atomic E-state index is 11.0. The summed E-state index contributed by atoms with van der Waals surface area (Å²) >= 11 is 9.32. The highest BCUT2D eigenvalue weighted by atomic mass is 79.9. The Labute approximate surface area is 112 Å². The van der Waals surface area contributed by atoms with E-state index in [1.54, 1.807) is 6.26 Å². The van der Waals surface area contributed by atoms with Crippen molar-refractivity contribution >= 4 is 38.3 Å². The predicted molar refractivity (Wildman–Crippen MR) is 74.4 cm³/mol. The van der Waals surface area contributed by atoms with Crippen LogP contribution in [0.25, 0.3) is 0 Å². The zero-order valence-electron chi connectivity index (χ0n) is 9.30. The Balaban J connectivity index is 2.51. The molecule has 0 aliphatic carbocycles. The number of benzene rings is 1. The lowest BCUT2D eigenvalue weighted by molar-refractivity contribution is 0.586. The second-order valence-corrected chi connectivity index (χ2v) is 6.53. The van der Waals surface area contributed by atoms with Gasteiger partial charge in [-0.05, 0) is 24.6 Å². The molecule has 2 nitrogen and oxygen atoms in total. The molecule has 5 heteroatoms. The summed E-state index contributed by atoms with van der Waals surface area (Å²) in [6.45, 7) is 2.78. The van der Waals surface area contributed by atoms with Crippen molar-refractivity contribution in [2.75, 3.05) is 12.0 Å². The van der Waals surface area contributed by atoms with Gasteiger partial charge >= 0.3 is 0 Å². The summed E-state index contributed by atoms with van der Waals surface area (Å²) in [5.74, 6) is 0.672. The van der Waals surface area contributed by atoms with E-state index in [1.165, 1.54) is 0 Å². The molecule has 1 rings (SSSR count). The molecule has 0 aliphatic heterocycles. The second-order valence-electron chi connectivity index (χ2n) is 3.76. The van der Waals surface area contributed by atoms with Gasteiger partial charge in [0.15, 0.2) is 0 Å². The van der Waals surface area contributed by atoms with Crippen molar-refractivity contribution in [1.29, 1.82) is 0 Å². The monoisotopic (exact) mass is 323 g/mol. The molecule has 0 saturated carbocycles. The number of halogens is 2. The van der Waals surface area contributed by atoms with Crippen molar-refractivity contribution < 1.29 is 4.21 Å². The van der Waals surface area contributed by atoms with Gasteiger partial charge in [-0.3, -0.25) is 4.21 Å². The fraction of sp³-hybridized carbons (Fsp3) is 0.455. The first kappa shape index (κ1) is 14.2. The van der Waals surface area contributed by atoms with Gasteiger partial charge in [0, 0.05) is 44.9 Å². The van der Waals surface area contributed by atoms with Crippen LogP contribution in [0.3, 0.4) is 0 Å². The quantitative estimate of drug-likeness (QED) is 0.902. The minimum atomic E-state index is -0.758. The van der Waals surface area contributed by atoms with Crippen LogP contribution in [0.2, 0.25) is 5.02 Å². The zero-order chi connectivity index (χ0) is 12.1. The molecule has 0 spiro atoms. The molecule has 2 atom stereocenters. The Morgan fingerprint density at radius 3 is 2.81 bits per heavy atom. The number of rotatable bonds is 5. The fourth-order valence-electron chi connectivity index (χ4n) is 1.36. The van der Waals surface area contributed by atoms with E-state index in [9.17, 15) is 4.21 Å². The molecule has 1 aromatic rings. The van der Waals surface area contributed by atoms with Crippen molar-refractivity contribution in [2.45, 2.75) is 19.5 Å². The van der Waals surface area contributed by atoms with Gasteiger partial charge in [0.25, 0.3) is 0 Å². The highest BCUT2D eigenvalue weighted by Crippen LogP contribution is 2.21. The minimum Gasteiger partial charge on any atom is -0.309 e. The smallest absolute Gasteiger partial charge is 0.0417 e. The zero-order valence-corrected chi connectivity index (χ0v) is 12.5. The third kappa shape index (κ3) is 4.95. The molecule has 90 valence electrons. The molecule has 0 bridgehead atoms. The Kier molecular flexibility index (Phi) is 5.97. The highest BCUT2D eigenvalue weighted by molar-refractivity contribution is 9.10. The summed E-state index contributed by atoms with van der Waals surface area (Å²) in [6.07, 6.45) is 1.72. The SMILES string of the molecule is CC(CS(C)=O)NCc1ccc(Cl)cc1Br. The third-order valence-electron chi connectivity index (χ3n) is 2.14. The first-order valence-corrected chi connectivity index (χ1v) is 7.86. The summed E-state index contributed by atoms with van der Waals surface area (Å²) in [7, 11) is -0.758. The van der Waals surface area contributed by atoms with Gasteiger partial charge in [-0.15, -0.1) is 0 Å². The van der Waals surface area contributed by atoms with Crippen molar-refractivity contribution in [3.8, 4) is 0 Å². The number of hydrogen-bond donors (Lipinski definition) is 1. The van der Waals surface area contributed by atoms with E-state index in [-0.39, 0.29) is 6.04 Å². The Hall–Kier alpha value is 0.1000. The minimum absolute atomic E-state index is 0.244. The molecule has 0 radical (unpaired) electrons. The molecule has 1 aromatic carbocycles. The lowest BCUT2D eigenvalue weighted by Crippen LogP contribution is -2.30. The number of nitrogens with one attached hydrogen (secondary N) is 1. The Bertz CT molecular complexity index is 386. The van der Waals surface area contributed by atoms with Crippen LogP contribution in [0.15, 0.2) is 22.7 Å². The molecule has 16 heavy (non-hydrogen) atoms. The van der Waals surface area contributed by atoms with Crippen molar-refractivity contribution in [3.05, 3.63) is 33.3 Å². The summed E-state index contributed by atoms with van der Waals surface area (Å²) in [4.78, 5) is 0. The normalized spacial score (nSPS) is 14.8. The maximum atomic E-state index is 11.0. The van der Waals surface area contributed by atoms with Gasteiger partial charge in [-0.1, -0.05) is 33.6 Å². The summed E-state index contributed by atoms with van der Waals surface area (Å²) in [5, 5.41) is 4.05. The molecule has 0 saturated heterocycles. The third-order valence-corrected chi connectivity index (χ3v) is 4.08. The van der Waals surface area contributed by atoms with E-state index in [2.05, 4.69) is 21.2 Å². The van der Waals surface area contributed by atoms with Crippen molar-refractivity contribution in [2.24, 2.45) is 0 Å². The molecule has 0 fully saturated rings. The van der Waals surface area contributed by atoms with Gasteiger partial charge in [0.05, 0.1) is 0 Å². The maximum Gasteiger partial charge on any atom is 0.0417 e. The Morgan fingerprint density at radius 1 is 1.56 bits per heavy atom. The van der Waals surface area contributed by atoms with Crippen LogP contribution in [0.1, 0.15) is 12.5 Å². The van der Waals surface area contributed by atoms with Crippen LogP contribution in [-0.4, -0.2) is 22.3 Å². The fourth-order valence-corrected chi connectivity index (χ4v) is 3.01. The average Bonchev–Trinajstić information content (AvgIpc) is 2.15. The van der Waals surface area contributed by atoms with Crippen molar-refractivity contribution in [3.63, 3.8) is 0 Å². The van der Waals surface area contributed by atoms with Gasteiger partial charge in [0.2, 0.25) is 0 Å². The van der Waals surface area contributed by atoms with Gasteiger partial charge in [0.1, 0.15) is 0 Å². The molecule has 0 amide bonds. The first-order chi connectivity index (χ1) is 7.49. The van der Waals surface area contributed by atoms with E-state index in [0.717, 1.165) is 21.6 Å². The number of hydrogen-bond acceptors (Lipinski definition) is 2. The largest absolute Gasteiger partial charge is 0.309 e. The van der Waals surface area contributed by atoms with Crippen LogP contribution in [0, 0.1) is 0 Å².